The second kappa shape index (κ2) is 6.80. The predicted molar refractivity (Wildman–Crippen MR) is 86.1 cm³/mol. The summed E-state index contributed by atoms with van der Waals surface area (Å²) in [4.78, 5) is 24.0. The monoisotopic (exact) mass is 346 g/mol. The van der Waals surface area contributed by atoms with Gasteiger partial charge in [0.15, 0.2) is 17.2 Å². The molecule has 1 aromatic heterocycles. The minimum atomic E-state index is -0.740. The first kappa shape index (κ1) is 16.7. The van der Waals surface area contributed by atoms with Crippen LogP contribution in [-0.4, -0.2) is 40.3 Å². The Morgan fingerprint density at radius 3 is 2.76 bits per heavy atom. The molecule has 2 N–H and O–H groups in total. The fourth-order valence-electron chi connectivity index (χ4n) is 2.66. The third-order valence-electron chi connectivity index (χ3n) is 3.82. The van der Waals surface area contributed by atoms with Crippen molar-refractivity contribution in [3.63, 3.8) is 0 Å². The van der Waals surface area contributed by atoms with E-state index in [1.165, 1.54) is 4.68 Å². The van der Waals surface area contributed by atoms with Crippen LogP contribution in [0.3, 0.4) is 0 Å². The van der Waals surface area contributed by atoms with Gasteiger partial charge in [0.2, 0.25) is 12.7 Å². The van der Waals surface area contributed by atoms with Gasteiger partial charge in [0.25, 0.3) is 0 Å². The Labute approximate surface area is 143 Å². The van der Waals surface area contributed by atoms with Gasteiger partial charge in [-0.25, -0.2) is 9.48 Å². The molecule has 1 aliphatic heterocycles. The van der Waals surface area contributed by atoms with Crippen LogP contribution in [0.5, 0.6) is 11.5 Å². The Bertz CT molecular complexity index is 817. The molecule has 2 heterocycles. The van der Waals surface area contributed by atoms with Gasteiger partial charge in [0, 0.05) is 5.56 Å². The second-order valence-electron chi connectivity index (χ2n) is 5.35. The first-order valence-electron chi connectivity index (χ1n) is 7.88. The molecule has 1 unspecified atom stereocenters. The summed E-state index contributed by atoms with van der Waals surface area (Å²) in [5.41, 5.74) is 6.43. The Morgan fingerprint density at radius 1 is 1.32 bits per heavy atom. The standard InChI is InChI=1S/C16H18N4O5/c1-3-10(15(17)21)20-14(13(18-19-20)16(22)23-4-2)9-5-6-11-12(7-9)25-8-24-11/h5-7,10H,3-4,8H2,1-2H3,(H2,17,21). The van der Waals surface area contributed by atoms with Crippen molar-refractivity contribution in [3.8, 4) is 22.8 Å². The Kier molecular flexibility index (Phi) is 4.55. The van der Waals surface area contributed by atoms with E-state index in [0.29, 0.717) is 29.2 Å². The number of primary amides is 1. The maximum absolute atomic E-state index is 12.3. The van der Waals surface area contributed by atoms with E-state index < -0.39 is 17.9 Å². The van der Waals surface area contributed by atoms with E-state index >= 15 is 0 Å². The highest BCUT2D eigenvalue weighted by Gasteiger charge is 2.29. The molecular formula is C16H18N4O5. The van der Waals surface area contributed by atoms with Crippen LogP contribution in [0.1, 0.15) is 36.8 Å². The quantitative estimate of drug-likeness (QED) is 0.783. The number of aromatic nitrogens is 3. The lowest BCUT2D eigenvalue weighted by atomic mass is 10.1. The van der Waals surface area contributed by atoms with E-state index in [2.05, 4.69) is 10.3 Å². The smallest absolute Gasteiger partial charge is 0.361 e. The second-order valence-corrected chi connectivity index (χ2v) is 5.35. The number of hydrogen-bond acceptors (Lipinski definition) is 7. The third kappa shape index (κ3) is 3.00. The van der Waals surface area contributed by atoms with Crippen LogP contribution in [0.2, 0.25) is 0 Å². The number of ether oxygens (including phenoxy) is 3. The summed E-state index contributed by atoms with van der Waals surface area (Å²) >= 11 is 0. The zero-order valence-electron chi connectivity index (χ0n) is 13.9. The maximum atomic E-state index is 12.3. The molecule has 0 spiro atoms. The molecule has 0 saturated carbocycles. The summed E-state index contributed by atoms with van der Waals surface area (Å²) in [6, 6.07) is 4.42. The average molecular weight is 346 g/mol. The SMILES string of the molecule is CCOC(=O)c1nnn(C(CC)C(N)=O)c1-c1ccc2c(c1)OCO2. The van der Waals surface area contributed by atoms with Crippen LogP contribution in [0.25, 0.3) is 11.3 Å². The Balaban J connectivity index is 2.15. The van der Waals surface area contributed by atoms with Crippen molar-refractivity contribution in [2.45, 2.75) is 26.3 Å². The number of hydrogen-bond donors (Lipinski definition) is 1. The lowest BCUT2D eigenvalue weighted by molar-refractivity contribution is -0.121. The van der Waals surface area contributed by atoms with E-state index in [1.54, 1.807) is 32.0 Å². The molecule has 0 fully saturated rings. The van der Waals surface area contributed by atoms with Crippen molar-refractivity contribution in [3.05, 3.63) is 23.9 Å². The summed E-state index contributed by atoms with van der Waals surface area (Å²) in [7, 11) is 0. The van der Waals surface area contributed by atoms with Crippen LogP contribution in [0.15, 0.2) is 18.2 Å². The first-order chi connectivity index (χ1) is 12.1. The maximum Gasteiger partial charge on any atom is 0.361 e. The Morgan fingerprint density at radius 2 is 2.08 bits per heavy atom. The predicted octanol–water partition coefficient (Wildman–Crippen LogP) is 1.29. The molecular weight excluding hydrogens is 328 g/mol. The number of carbonyl (C=O) groups excluding carboxylic acids is 2. The Hall–Kier alpha value is -3.10. The molecule has 1 aliphatic rings. The zero-order chi connectivity index (χ0) is 18.0. The highest BCUT2D eigenvalue weighted by Crippen LogP contribution is 2.37. The first-order valence-corrected chi connectivity index (χ1v) is 7.88. The number of benzene rings is 1. The van der Waals surface area contributed by atoms with Crippen LogP contribution < -0.4 is 15.2 Å². The van der Waals surface area contributed by atoms with Crippen molar-refractivity contribution in [2.75, 3.05) is 13.4 Å². The van der Waals surface area contributed by atoms with Gasteiger partial charge in [-0.05, 0) is 31.5 Å². The van der Waals surface area contributed by atoms with E-state index in [9.17, 15) is 9.59 Å². The molecule has 0 radical (unpaired) electrons. The summed E-state index contributed by atoms with van der Waals surface area (Å²) in [5, 5.41) is 7.89. The molecule has 3 rings (SSSR count). The number of fused-ring (bicyclic) bond motifs is 1. The van der Waals surface area contributed by atoms with Crippen molar-refractivity contribution >= 4 is 11.9 Å². The molecule has 0 aliphatic carbocycles. The summed E-state index contributed by atoms with van der Waals surface area (Å²) in [6.07, 6.45) is 0.401. The largest absolute Gasteiger partial charge is 0.461 e. The molecule has 2 aromatic rings. The zero-order valence-corrected chi connectivity index (χ0v) is 13.9. The summed E-state index contributed by atoms with van der Waals surface area (Å²) < 4.78 is 17.1. The van der Waals surface area contributed by atoms with E-state index in [-0.39, 0.29) is 19.1 Å². The van der Waals surface area contributed by atoms with Crippen LogP contribution in [0, 0.1) is 0 Å². The van der Waals surface area contributed by atoms with Gasteiger partial charge >= 0.3 is 5.97 Å². The molecule has 9 heteroatoms. The van der Waals surface area contributed by atoms with E-state index in [4.69, 9.17) is 19.9 Å². The molecule has 132 valence electrons. The number of nitrogens with zero attached hydrogens (tertiary/aromatic N) is 3. The van der Waals surface area contributed by atoms with Crippen molar-refractivity contribution in [1.82, 2.24) is 15.0 Å². The molecule has 9 nitrogen and oxygen atoms in total. The van der Waals surface area contributed by atoms with Crippen LogP contribution in [-0.2, 0) is 9.53 Å². The molecule has 0 saturated heterocycles. The molecule has 25 heavy (non-hydrogen) atoms. The minimum absolute atomic E-state index is 0.0143. The van der Waals surface area contributed by atoms with Gasteiger partial charge < -0.3 is 19.9 Å². The number of rotatable bonds is 6. The fraction of sp³-hybridized carbons (Fsp3) is 0.375. The van der Waals surface area contributed by atoms with Gasteiger partial charge in [0.1, 0.15) is 11.7 Å². The van der Waals surface area contributed by atoms with E-state index in [1.807, 2.05) is 0 Å². The van der Waals surface area contributed by atoms with Crippen molar-refractivity contribution in [1.29, 1.82) is 0 Å². The van der Waals surface area contributed by atoms with Crippen LogP contribution in [0.4, 0.5) is 0 Å². The molecule has 0 bridgehead atoms. The van der Waals surface area contributed by atoms with Crippen molar-refractivity contribution < 1.29 is 23.8 Å². The normalized spacial score (nSPS) is 13.5. The van der Waals surface area contributed by atoms with Gasteiger partial charge in [0.05, 0.1) is 6.61 Å². The lowest BCUT2D eigenvalue weighted by Gasteiger charge is -2.15. The van der Waals surface area contributed by atoms with E-state index in [0.717, 1.165) is 0 Å². The highest BCUT2D eigenvalue weighted by atomic mass is 16.7. The molecule has 1 atom stereocenters. The van der Waals surface area contributed by atoms with Gasteiger partial charge in [-0.3, -0.25) is 4.79 Å². The van der Waals surface area contributed by atoms with Gasteiger partial charge in [-0.15, -0.1) is 5.10 Å². The molecule has 1 amide bonds. The fourth-order valence-corrected chi connectivity index (χ4v) is 2.66. The lowest BCUT2D eigenvalue weighted by Crippen LogP contribution is -2.27. The summed E-state index contributed by atoms with van der Waals surface area (Å²) in [6.45, 7) is 3.81. The van der Waals surface area contributed by atoms with Gasteiger partial charge in [-0.2, -0.15) is 0 Å². The minimum Gasteiger partial charge on any atom is -0.461 e. The number of carbonyl (C=O) groups is 2. The average Bonchev–Trinajstić information content (AvgIpc) is 3.21. The van der Waals surface area contributed by atoms with Gasteiger partial charge in [-0.1, -0.05) is 12.1 Å². The number of nitrogens with two attached hydrogens (primary N) is 1. The third-order valence-corrected chi connectivity index (χ3v) is 3.82. The topological polar surface area (TPSA) is 119 Å². The number of amides is 1. The highest BCUT2D eigenvalue weighted by molar-refractivity contribution is 5.94. The number of esters is 1. The molecule has 1 aromatic carbocycles. The van der Waals surface area contributed by atoms with Crippen LogP contribution >= 0.6 is 0 Å². The van der Waals surface area contributed by atoms with Crippen molar-refractivity contribution in [2.24, 2.45) is 5.73 Å². The summed E-state index contributed by atoms with van der Waals surface area (Å²) in [5.74, 6) is -0.0554.